The lowest BCUT2D eigenvalue weighted by molar-refractivity contribution is 0.0737. The molecule has 1 aliphatic heterocycles. The van der Waals surface area contributed by atoms with Gasteiger partial charge in [-0.05, 0) is 35.4 Å². The van der Waals surface area contributed by atoms with Crippen molar-refractivity contribution in [2.75, 3.05) is 7.05 Å². The molecule has 4 rings (SSSR count). The standard InChI is InChI=1S/C21H19N3O3/c1-23(14-17-7-4-10-27-17)20(25)18-8-2-6-16-13-24(21(26)19(16)18)12-15-5-3-9-22-11-15/h2-11H,12-14H2,1H3. The summed E-state index contributed by atoms with van der Waals surface area (Å²) in [5.41, 5.74) is 2.76. The zero-order valence-electron chi connectivity index (χ0n) is 15.0. The van der Waals surface area contributed by atoms with E-state index in [0.717, 1.165) is 11.1 Å². The quantitative estimate of drug-likeness (QED) is 0.700. The van der Waals surface area contributed by atoms with Crippen LogP contribution in [0.4, 0.5) is 0 Å². The van der Waals surface area contributed by atoms with E-state index in [2.05, 4.69) is 4.98 Å². The van der Waals surface area contributed by atoms with Crippen molar-refractivity contribution < 1.29 is 14.0 Å². The molecule has 6 nitrogen and oxygen atoms in total. The number of hydrogen-bond donors (Lipinski definition) is 0. The first-order valence-corrected chi connectivity index (χ1v) is 8.71. The Balaban J connectivity index is 1.57. The molecule has 136 valence electrons. The Hall–Kier alpha value is -3.41. The van der Waals surface area contributed by atoms with Gasteiger partial charge in [-0.15, -0.1) is 0 Å². The smallest absolute Gasteiger partial charge is 0.255 e. The summed E-state index contributed by atoms with van der Waals surface area (Å²) < 4.78 is 5.31. The average Bonchev–Trinajstić information content (AvgIpc) is 3.30. The molecule has 2 amide bonds. The third-order valence-corrected chi connectivity index (χ3v) is 4.66. The molecule has 0 saturated heterocycles. The fourth-order valence-electron chi connectivity index (χ4n) is 3.35. The number of fused-ring (bicyclic) bond motifs is 1. The second-order valence-electron chi connectivity index (χ2n) is 6.60. The normalized spacial score (nSPS) is 12.9. The molecule has 2 aromatic heterocycles. The summed E-state index contributed by atoms with van der Waals surface area (Å²) in [7, 11) is 1.71. The molecule has 0 atom stereocenters. The fourth-order valence-corrected chi connectivity index (χ4v) is 3.35. The Morgan fingerprint density at radius 2 is 2.11 bits per heavy atom. The fraction of sp³-hybridized carbons (Fsp3) is 0.190. The number of aromatic nitrogens is 1. The van der Waals surface area contributed by atoms with Crippen LogP contribution < -0.4 is 0 Å². The third kappa shape index (κ3) is 3.33. The topological polar surface area (TPSA) is 66.7 Å². The summed E-state index contributed by atoms with van der Waals surface area (Å²) in [6, 6.07) is 12.8. The molecule has 1 aromatic carbocycles. The van der Waals surface area contributed by atoms with Gasteiger partial charge in [-0.3, -0.25) is 14.6 Å². The molecule has 0 aliphatic carbocycles. The summed E-state index contributed by atoms with van der Waals surface area (Å²) >= 11 is 0. The number of carbonyl (C=O) groups excluding carboxylic acids is 2. The van der Waals surface area contributed by atoms with Crippen LogP contribution in [0, 0.1) is 0 Å². The van der Waals surface area contributed by atoms with Gasteiger partial charge in [0.1, 0.15) is 5.76 Å². The minimum Gasteiger partial charge on any atom is -0.467 e. The Labute approximate surface area is 157 Å². The van der Waals surface area contributed by atoms with Crippen molar-refractivity contribution in [3.05, 3.63) is 89.1 Å². The Kier molecular flexibility index (Phi) is 4.46. The van der Waals surface area contributed by atoms with Crippen molar-refractivity contribution in [1.29, 1.82) is 0 Å². The Morgan fingerprint density at radius 3 is 2.85 bits per heavy atom. The number of hydrogen-bond acceptors (Lipinski definition) is 4. The molecule has 27 heavy (non-hydrogen) atoms. The van der Waals surface area contributed by atoms with Crippen molar-refractivity contribution >= 4 is 11.8 Å². The second kappa shape index (κ2) is 7.07. The Morgan fingerprint density at radius 1 is 1.22 bits per heavy atom. The first-order chi connectivity index (χ1) is 13.1. The molecule has 6 heteroatoms. The van der Waals surface area contributed by atoms with Crippen LogP contribution in [0.5, 0.6) is 0 Å². The molecule has 0 unspecified atom stereocenters. The van der Waals surface area contributed by atoms with Gasteiger partial charge in [-0.2, -0.15) is 0 Å². The maximum absolute atomic E-state index is 13.0. The number of rotatable bonds is 5. The van der Waals surface area contributed by atoms with Crippen LogP contribution in [0.3, 0.4) is 0 Å². The summed E-state index contributed by atoms with van der Waals surface area (Å²) in [6.45, 7) is 1.31. The summed E-state index contributed by atoms with van der Waals surface area (Å²) in [5.74, 6) is 0.381. The number of furan rings is 1. The maximum atomic E-state index is 13.0. The minimum absolute atomic E-state index is 0.121. The lowest BCUT2D eigenvalue weighted by Crippen LogP contribution is -2.29. The molecule has 3 heterocycles. The number of pyridine rings is 1. The minimum atomic E-state index is -0.195. The number of nitrogens with zero attached hydrogens (tertiary/aromatic N) is 3. The maximum Gasteiger partial charge on any atom is 0.255 e. The third-order valence-electron chi connectivity index (χ3n) is 4.66. The molecule has 0 spiro atoms. The van der Waals surface area contributed by atoms with E-state index in [1.54, 1.807) is 47.6 Å². The first-order valence-electron chi connectivity index (χ1n) is 8.71. The zero-order valence-corrected chi connectivity index (χ0v) is 15.0. The van der Waals surface area contributed by atoms with Gasteiger partial charge in [-0.25, -0.2) is 0 Å². The van der Waals surface area contributed by atoms with Gasteiger partial charge >= 0.3 is 0 Å². The number of benzene rings is 1. The number of carbonyl (C=O) groups is 2. The van der Waals surface area contributed by atoms with Gasteiger partial charge in [0.05, 0.1) is 23.9 Å². The predicted molar refractivity (Wildman–Crippen MR) is 98.8 cm³/mol. The van der Waals surface area contributed by atoms with Crippen molar-refractivity contribution in [3.8, 4) is 0 Å². The van der Waals surface area contributed by atoms with Crippen LogP contribution in [-0.2, 0) is 19.6 Å². The molecule has 0 radical (unpaired) electrons. The van der Waals surface area contributed by atoms with Crippen LogP contribution >= 0.6 is 0 Å². The highest BCUT2D eigenvalue weighted by Crippen LogP contribution is 2.28. The highest BCUT2D eigenvalue weighted by molar-refractivity contribution is 6.09. The molecule has 0 saturated carbocycles. The van der Waals surface area contributed by atoms with Gasteiger partial charge < -0.3 is 14.2 Å². The second-order valence-corrected chi connectivity index (χ2v) is 6.60. The largest absolute Gasteiger partial charge is 0.467 e. The predicted octanol–water partition coefficient (Wildman–Crippen LogP) is 3.10. The van der Waals surface area contributed by atoms with E-state index < -0.39 is 0 Å². The van der Waals surface area contributed by atoms with E-state index in [0.29, 0.717) is 36.5 Å². The van der Waals surface area contributed by atoms with Gasteiger partial charge in [0, 0.05) is 32.5 Å². The van der Waals surface area contributed by atoms with Crippen molar-refractivity contribution in [2.45, 2.75) is 19.6 Å². The highest BCUT2D eigenvalue weighted by Gasteiger charge is 2.32. The van der Waals surface area contributed by atoms with Crippen LogP contribution in [0.2, 0.25) is 0 Å². The monoisotopic (exact) mass is 361 g/mol. The van der Waals surface area contributed by atoms with Crippen LogP contribution in [0.15, 0.2) is 65.5 Å². The zero-order chi connectivity index (χ0) is 18.8. The van der Waals surface area contributed by atoms with Gasteiger partial charge in [0.15, 0.2) is 0 Å². The molecule has 3 aromatic rings. The first kappa shape index (κ1) is 17.0. The molecular formula is C21H19N3O3. The van der Waals surface area contributed by atoms with E-state index in [1.165, 1.54) is 0 Å². The molecular weight excluding hydrogens is 342 g/mol. The lowest BCUT2D eigenvalue weighted by Gasteiger charge is -2.18. The van der Waals surface area contributed by atoms with Gasteiger partial charge in [0.25, 0.3) is 11.8 Å². The van der Waals surface area contributed by atoms with Crippen molar-refractivity contribution in [3.63, 3.8) is 0 Å². The van der Waals surface area contributed by atoms with E-state index in [1.807, 2.05) is 30.3 Å². The van der Waals surface area contributed by atoms with Crippen LogP contribution in [-0.4, -0.2) is 33.6 Å². The van der Waals surface area contributed by atoms with Crippen molar-refractivity contribution in [2.24, 2.45) is 0 Å². The van der Waals surface area contributed by atoms with Crippen LogP contribution in [0.1, 0.15) is 37.6 Å². The summed E-state index contributed by atoms with van der Waals surface area (Å²) in [6.07, 6.45) is 5.03. The molecule has 0 bridgehead atoms. The van der Waals surface area contributed by atoms with Crippen molar-refractivity contribution in [1.82, 2.24) is 14.8 Å². The van der Waals surface area contributed by atoms with Crippen LogP contribution in [0.25, 0.3) is 0 Å². The average molecular weight is 361 g/mol. The van der Waals surface area contributed by atoms with E-state index >= 15 is 0 Å². The van der Waals surface area contributed by atoms with Gasteiger partial charge in [-0.1, -0.05) is 18.2 Å². The van der Waals surface area contributed by atoms with Gasteiger partial charge in [0.2, 0.25) is 0 Å². The molecule has 0 N–H and O–H groups in total. The Bertz CT molecular complexity index is 968. The highest BCUT2D eigenvalue weighted by atomic mass is 16.3. The SMILES string of the molecule is CN(Cc1ccco1)C(=O)c1cccc2c1C(=O)N(Cc1cccnc1)C2. The van der Waals surface area contributed by atoms with E-state index in [4.69, 9.17) is 4.42 Å². The molecule has 0 fully saturated rings. The summed E-state index contributed by atoms with van der Waals surface area (Å²) in [4.78, 5) is 33.3. The lowest BCUT2D eigenvalue weighted by atomic mass is 10.0. The summed E-state index contributed by atoms with van der Waals surface area (Å²) in [5, 5.41) is 0. The van der Waals surface area contributed by atoms with E-state index in [-0.39, 0.29) is 11.8 Å². The van der Waals surface area contributed by atoms with E-state index in [9.17, 15) is 9.59 Å². The number of amides is 2. The molecule has 1 aliphatic rings.